The van der Waals surface area contributed by atoms with Crippen molar-refractivity contribution < 1.29 is 4.39 Å². The van der Waals surface area contributed by atoms with Crippen molar-refractivity contribution in [2.24, 2.45) is 5.73 Å². The van der Waals surface area contributed by atoms with E-state index in [9.17, 15) is 4.39 Å². The van der Waals surface area contributed by atoms with Gasteiger partial charge in [-0.1, -0.05) is 12.1 Å². The molecule has 78 valence electrons. The molecule has 2 aromatic rings. The van der Waals surface area contributed by atoms with Crippen molar-refractivity contribution in [3.63, 3.8) is 0 Å². The summed E-state index contributed by atoms with van der Waals surface area (Å²) in [5.41, 5.74) is 6.69. The van der Waals surface area contributed by atoms with Crippen LogP contribution in [0.15, 0.2) is 24.5 Å². The average Bonchev–Trinajstić information content (AvgIpc) is 2.27. The first kappa shape index (κ1) is 9.98. The highest BCUT2D eigenvalue weighted by atomic mass is 19.1. The van der Waals surface area contributed by atoms with E-state index >= 15 is 0 Å². The molecule has 0 aliphatic heterocycles. The van der Waals surface area contributed by atoms with Crippen LogP contribution < -0.4 is 5.73 Å². The molecule has 0 radical (unpaired) electrons. The van der Waals surface area contributed by atoms with Gasteiger partial charge in [-0.2, -0.15) is 0 Å². The third-order valence-electron chi connectivity index (χ3n) is 2.32. The van der Waals surface area contributed by atoms with Gasteiger partial charge in [0.1, 0.15) is 17.7 Å². The van der Waals surface area contributed by atoms with Crippen LogP contribution in [0.5, 0.6) is 0 Å². The molecule has 2 N–H and O–H groups in total. The van der Waals surface area contributed by atoms with Crippen molar-refractivity contribution in [1.82, 2.24) is 9.97 Å². The standard InChI is InChI=1S/C11H12FN3/c12-9-4-1-3-8-10(5-2-6-13)14-7-15-11(8)9/h1,3-4,7H,2,5-6,13H2. The van der Waals surface area contributed by atoms with Crippen LogP contribution in [-0.4, -0.2) is 16.5 Å². The van der Waals surface area contributed by atoms with Gasteiger partial charge in [-0.3, -0.25) is 0 Å². The Labute approximate surface area is 87.2 Å². The maximum atomic E-state index is 13.4. The van der Waals surface area contributed by atoms with Gasteiger partial charge in [-0.15, -0.1) is 0 Å². The molecule has 4 heteroatoms. The highest BCUT2D eigenvalue weighted by Crippen LogP contribution is 2.18. The first-order chi connectivity index (χ1) is 7.33. The second-order valence-electron chi connectivity index (χ2n) is 3.35. The molecule has 0 bridgehead atoms. The Morgan fingerprint density at radius 1 is 1.27 bits per heavy atom. The van der Waals surface area contributed by atoms with E-state index in [1.165, 1.54) is 12.4 Å². The molecule has 0 spiro atoms. The summed E-state index contributed by atoms with van der Waals surface area (Å²) in [4.78, 5) is 8.08. The Morgan fingerprint density at radius 2 is 2.13 bits per heavy atom. The summed E-state index contributed by atoms with van der Waals surface area (Å²) in [6, 6.07) is 4.92. The zero-order valence-corrected chi connectivity index (χ0v) is 8.28. The molecule has 15 heavy (non-hydrogen) atoms. The Balaban J connectivity index is 2.51. The van der Waals surface area contributed by atoms with Crippen LogP contribution in [0, 0.1) is 5.82 Å². The molecule has 0 amide bonds. The molecule has 1 heterocycles. The SMILES string of the molecule is NCCCc1ncnc2c(F)cccc12. The van der Waals surface area contributed by atoms with Crippen LogP contribution in [0.3, 0.4) is 0 Å². The number of hydrogen-bond donors (Lipinski definition) is 1. The number of para-hydroxylation sites is 1. The molecule has 0 atom stereocenters. The summed E-state index contributed by atoms with van der Waals surface area (Å²) in [5.74, 6) is -0.302. The lowest BCUT2D eigenvalue weighted by atomic mass is 10.1. The van der Waals surface area contributed by atoms with Crippen molar-refractivity contribution in [3.8, 4) is 0 Å². The smallest absolute Gasteiger partial charge is 0.149 e. The van der Waals surface area contributed by atoms with Gasteiger partial charge in [0.25, 0.3) is 0 Å². The molecule has 0 fully saturated rings. The van der Waals surface area contributed by atoms with E-state index in [4.69, 9.17) is 5.73 Å². The molecule has 0 aliphatic rings. The molecule has 3 nitrogen and oxygen atoms in total. The van der Waals surface area contributed by atoms with E-state index in [1.54, 1.807) is 6.07 Å². The van der Waals surface area contributed by atoms with E-state index in [1.807, 2.05) is 6.07 Å². The molecule has 1 aromatic carbocycles. The van der Waals surface area contributed by atoms with Gasteiger partial charge in [0.05, 0.1) is 5.69 Å². The summed E-state index contributed by atoms with van der Waals surface area (Å²) >= 11 is 0. The number of aryl methyl sites for hydroxylation is 1. The predicted molar refractivity (Wildman–Crippen MR) is 56.9 cm³/mol. The third-order valence-corrected chi connectivity index (χ3v) is 2.32. The molecular weight excluding hydrogens is 193 g/mol. The van der Waals surface area contributed by atoms with Crippen molar-refractivity contribution >= 4 is 10.9 Å². The maximum absolute atomic E-state index is 13.4. The topological polar surface area (TPSA) is 51.8 Å². The summed E-state index contributed by atoms with van der Waals surface area (Å²) in [6.07, 6.45) is 3.01. The molecule has 0 aliphatic carbocycles. The summed E-state index contributed by atoms with van der Waals surface area (Å²) in [5, 5.41) is 0.783. The second-order valence-corrected chi connectivity index (χ2v) is 3.35. The fourth-order valence-corrected chi connectivity index (χ4v) is 1.57. The van der Waals surface area contributed by atoms with Gasteiger partial charge in [0.2, 0.25) is 0 Å². The van der Waals surface area contributed by atoms with Crippen molar-refractivity contribution in [3.05, 3.63) is 36.0 Å². The molecule has 2 rings (SSSR count). The molecule has 0 saturated carbocycles. The van der Waals surface area contributed by atoms with Crippen LogP contribution in [0.25, 0.3) is 10.9 Å². The molecular formula is C11H12FN3. The van der Waals surface area contributed by atoms with Crippen LogP contribution in [0.4, 0.5) is 4.39 Å². The van der Waals surface area contributed by atoms with Gasteiger partial charge < -0.3 is 5.73 Å². The largest absolute Gasteiger partial charge is 0.330 e. The van der Waals surface area contributed by atoms with E-state index < -0.39 is 0 Å². The fraction of sp³-hybridized carbons (Fsp3) is 0.273. The van der Waals surface area contributed by atoms with Gasteiger partial charge >= 0.3 is 0 Å². The Morgan fingerprint density at radius 3 is 2.93 bits per heavy atom. The molecule has 1 aromatic heterocycles. The second kappa shape index (κ2) is 4.31. The number of aromatic nitrogens is 2. The van der Waals surface area contributed by atoms with E-state index in [2.05, 4.69) is 9.97 Å². The number of benzene rings is 1. The van der Waals surface area contributed by atoms with Gasteiger partial charge in [-0.25, -0.2) is 14.4 Å². The van der Waals surface area contributed by atoms with Crippen LogP contribution >= 0.6 is 0 Å². The molecule has 0 saturated heterocycles. The minimum absolute atomic E-state index is 0.302. The third kappa shape index (κ3) is 1.94. The maximum Gasteiger partial charge on any atom is 0.149 e. The fourth-order valence-electron chi connectivity index (χ4n) is 1.57. The summed E-state index contributed by atoms with van der Waals surface area (Å²) < 4.78 is 13.4. The van der Waals surface area contributed by atoms with Crippen LogP contribution in [-0.2, 0) is 6.42 Å². The molecule has 0 unspecified atom stereocenters. The van der Waals surface area contributed by atoms with E-state index in [0.29, 0.717) is 12.1 Å². The Bertz CT molecular complexity index is 470. The van der Waals surface area contributed by atoms with Gasteiger partial charge in [0.15, 0.2) is 0 Å². The summed E-state index contributed by atoms with van der Waals surface area (Å²) in [7, 11) is 0. The van der Waals surface area contributed by atoms with E-state index in [-0.39, 0.29) is 5.82 Å². The Hall–Kier alpha value is -1.55. The lowest BCUT2D eigenvalue weighted by Crippen LogP contribution is -2.02. The lowest BCUT2D eigenvalue weighted by molar-refractivity contribution is 0.636. The van der Waals surface area contributed by atoms with Crippen LogP contribution in [0.1, 0.15) is 12.1 Å². The predicted octanol–water partition coefficient (Wildman–Crippen LogP) is 1.66. The van der Waals surface area contributed by atoms with E-state index in [0.717, 1.165) is 23.9 Å². The van der Waals surface area contributed by atoms with Crippen molar-refractivity contribution in [2.75, 3.05) is 6.54 Å². The summed E-state index contributed by atoms with van der Waals surface area (Å²) in [6.45, 7) is 0.612. The average molecular weight is 205 g/mol. The quantitative estimate of drug-likeness (QED) is 0.829. The lowest BCUT2D eigenvalue weighted by Gasteiger charge is -2.04. The van der Waals surface area contributed by atoms with Crippen molar-refractivity contribution in [1.29, 1.82) is 0 Å². The number of nitrogens with two attached hydrogens (primary N) is 1. The minimum Gasteiger partial charge on any atom is -0.330 e. The monoisotopic (exact) mass is 205 g/mol. The number of nitrogens with zero attached hydrogens (tertiary/aromatic N) is 2. The van der Waals surface area contributed by atoms with Gasteiger partial charge in [-0.05, 0) is 25.5 Å². The van der Waals surface area contributed by atoms with Crippen LogP contribution in [0.2, 0.25) is 0 Å². The highest BCUT2D eigenvalue weighted by Gasteiger charge is 2.06. The number of rotatable bonds is 3. The zero-order valence-electron chi connectivity index (χ0n) is 8.28. The number of fused-ring (bicyclic) bond motifs is 1. The normalized spacial score (nSPS) is 10.8. The number of hydrogen-bond acceptors (Lipinski definition) is 3. The minimum atomic E-state index is -0.302. The first-order valence-corrected chi connectivity index (χ1v) is 4.91. The highest BCUT2D eigenvalue weighted by molar-refractivity contribution is 5.81. The zero-order chi connectivity index (χ0) is 10.7. The van der Waals surface area contributed by atoms with Gasteiger partial charge in [0, 0.05) is 5.39 Å². The Kier molecular flexibility index (Phi) is 2.87. The van der Waals surface area contributed by atoms with Crippen molar-refractivity contribution in [2.45, 2.75) is 12.8 Å². The first-order valence-electron chi connectivity index (χ1n) is 4.91. The number of halogens is 1.